The SMILES string of the molecule is Cc1ccccc1CN(C(=O)CN(c1cccc(C)c1C)S(=O)(=O)c1ccccc1)[C@H](C)C(=O)NCC(C)C. The fourth-order valence-electron chi connectivity index (χ4n) is 4.24. The van der Waals surface area contributed by atoms with Gasteiger partial charge >= 0.3 is 0 Å². The third kappa shape index (κ3) is 7.26. The molecule has 0 radical (unpaired) electrons. The highest BCUT2D eigenvalue weighted by Gasteiger charge is 2.33. The van der Waals surface area contributed by atoms with Gasteiger partial charge in [0.15, 0.2) is 0 Å². The Morgan fingerprint density at radius 3 is 2.08 bits per heavy atom. The van der Waals surface area contributed by atoms with Crippen LogP contribution >= 0.6 is 0 Å². The van der Waals surface area contributed by atoms with Crippen LogP contribution in [0.5, 0.6) is 0 Å². The van der Waals surface area contributed by atoms with Gasteiger partial charge in [-0.2, -0.15) is 0 Å². The number of nitrogens with zero attached hydrogens (tertiary/aromatic N) is 2. The topological polar surface area (TPSA) is 86.8 Å². The van der Waals surface area contributed by atoms with Crippen LogP contribution in [0.15, 0.2) is 77.7 Å². The van der Waals surface area contributed by atoms with Crippen LogP contribution in [0.1, 0.15) is 43.0 Å². The van der Waals surface area contributed by atoms with Crippen LogP contribution < -0.4 is 9.62 Å². The molecule has 0 aliphatic carbocycles. The Bertz CT molecular complexity index is 1400. The minimum atomic E-state index is -4.09. The lowest BCUT2D eigenvalue weighted by molar-refractivity contribution is -0.139. The number of carbonyl (C=O) groups is 2. The molecule has 39 heavy (non-hydrogen) atoms. The number of anilines is 1. The summed E-state index contributed by atoms with van der Waals surface area (Å²) < 4.78 is 29.0. The van der Waals surface area contributed by atoms with Crippen molar-refractivity contribution in [3.05, 3.63) is 95.1 Å². The number of carbonyl (C=O) groups excluding carboxylic acids is 2. The summed E-state index contributed by atoms with van der Waals surface area (Å²) in [6, 6.07) is 20.3. The van der Waals surface area contributed by atoms with Gasteiger partial charge in [0, 0.05) is 13.1 Å². The van der Waals surface area contributed by atoms with Gasteiger partial charge in [0.1, 0.15) is 12.6 Å². The molecule has 208 valence electrons. The zero-order valence-electron chi connectivity index (χ0n) is 23.6. The van der Waals surface area contributed by atoms with E-state index < -0.39 is 28.5 Å². The molecule has 0 saturated heterocycles. The minimum Gasteiger partial charge on any atom is -0.354 e. The smallest absolute Gasteiger partial charge is 0.264 e. The molecule has 2 amide bonds. The van der Waals surface area contributed by atoms with Crippen molar-refractivity contribution in [1.82, 2.24) is 10.2 Å². The van der Waals surface area contributed by atoms with E-state index in [4.69, 9.17) is 0 Å². The van der Waals surface area contributed by atoms with Crippen molar-refractivity contribution in [1.29, 1.82) is 0 Å². The molecule has 0 saturated carbocycles. The third-order valence-electron chi connectivity index (χ3n) is 6.91. The van der Waals surface area contributed by atoms with Crippen molar-refractivity contribution in [3.8, 4) is 0 Å². The second-order valence-electron chi connectivity index (χ2n) is 10.3. The number of rotatable bonds is 11. The highest BCUT2D eigenvalue weighted by molar-refractivity contribution is 7.92. The Kier molecular flexibility index (Phi) is 9.92. The number of nitrogens with one attached hydrogen (secondary N) is 1. The molecule has 0 unspecified atom stereocenters. The van der Waals surface area contributed by atoms with Crippen molar-refractivity contribution >= 4 is 27.5 Å². The lowest BCUT2D eigenvalue weighted by atomic mass is 10.1. The molecule has 8 heteroatoms. The Morgan fingerprint density at radius 1 is 0.821 bits per heavy atom. The second kappa shape index (κ2) is 12.9. The standard InChI is InChI=1S/C31H39N3O4S/c1-22(2)19-32-31(36)26(6)33(20-27-15-11-10-13-24(27)4)30(35)21-34(29-18-12-14-23(3)25(29)5)39(37,38)28-16-8-7-9-17-28/h7-18,22,26H,19-21H2,1-6H3,(H,32,36)/t26-/m1/s1. The van der Waals surface area contributed by atoms with Crippen molar-refractivity contribution in [3.63, 3.8) is 0 Å². The second-order valence-corrected chi connectivity index (χ2v) is 12.2. The van der Waals surface area contributed by atoms with E-state index >= 15 is 0 Å². The minimum absolute atomic E-state index is 0.0897. The number of sulfonamides is 1. The summed E-state index contributed by atoms with van der Waals surface area (Å²) >= 11 is 0. The monoisotopic (exact) mass is 549 g/mol. The zero-order valence-corrected chi connectivity index (χ0v) is 24.5. The van der Waals surface area contributed by atoms with Crippen molar-refractivity contribution in [2.24, 2.45) is 5.92 Å². The molecule has 1 atom stereocenters. The maximum Gasteiger partial charge on any atom is 0.264 e. The van der Waals surface area contributed by atoms with Gasteiger partial charge in [-0.15, -0.1) is 0 Å². The van der Waals surface area contributed by atoms with E-state index in [0.717, 1.165) is 26.6 Å². The van der Waals surface area contributed by atoms with Gasteiger partial charge in [0.2, 0.25) is 11.8 Å². The molecular weight excluding hydrogens is 510 g/mol. The predicted octanol–water partition coefficient (Wildman–Crippen LogP) is 5.00. The molecule has 0 fully saturated rings. The highest BCUT2D eigenvalue weighted by Crippen LogP contribution is 2.29. The van der Waals surface area contributed by atoms with Gasteiger partial charge in [-0.3, -0.25) is 13.9 Å². The lowest BCUT2D eigenvalue weighted by Crippen LogP contribution is -2.51. The predicted molar refractivity (Wildman–Crippen MR) is 156 cm³/mol. The van der Waals surface area contributed by atoms with E-state index in [1.165, 1.54) is 17.0 Å². The Labute approximate surface area is 232 Å². The molecular formula is C31H39N3O4S. The Morgan fingerprint density at radius 2 is 1.44 bits per heavy atom. The van der Waals surface area contributed by atoms with E-state index in [9.17, 15) is 18.0 Å². The van der Waals surface area contributed by atoms with Gasteiger partial charge in [-0.1, -0.05) is 68.4 Å². The van der Waals surface area contributed by atoms with Crippen LogP contribution in [0.2, 0.25) is 0 Å². The van der Waals surface area contributed by atoms with Crippen LogP contribution in [0.25, 0.3) is 0 Å². The number of benzene rings is 3. The van der Waals surface area contributed by atoms with Gasteiger partial charge in [-0.25, -0.2) is 8.42 Å². The first-order valence-electron chi connectivity index (χ1n) is 13.2. The van der Waals surface area contributed by atoms with Crippen LogP contribution in [0, 0.1) is 26.7 Å². The number of aryl methyl sites for hydroxylation is 2. The van der Waals surface area contributed by atoms with Gasteiger partial charge in [0.25, 0.3) is 10.0 Å². The third-order valence-corrected chi connectivity index (χ3v) is 8.68. The van der Waals surface area contributed by atoms with Crippen molar-refractivity contribution < 1.29 is 18.0 Å². The first-order valence-corrected chi connectivity index (χ1v) is 14.6. The van der Waals surface area contributed by atoms with Crippen LogP contribution in [0.3, 0.4) is 0 Å². The summed E-state index contributed by atoms with van der Waals surface area (Å²) in [6.07, 6.45) is 0. The van der Waals surface area contributed by atoms with Gasteiger partial charge < -0.3 is 10.2 Å². The van der Waals surface area contributed by atoms with Crippen LogP contribution in [-0.4, -0.2) is 44.3 Å². The average Bonchev–Trinajstić information content (AvgIpc) is 2.91. The molecule has 7 nitrogen and oxygen atoms in total. The molecule has 0 bridgehead atoms. The van der Waals surface area contributed by atoms with Crippen LogP contribution in [0.4, 0.5) is 5.69 Å². The fraction of sp³-hybridized carbons (Fsp3) is 0.355. The number of hydrogen-bond donors (Lipinski definition) is 1. The maximum atomic E-state index is 14.0. The first-order chi connectivity index (χ1) is 18.4. The molecule has 0 heterocycles. The summed E-state index contributed by atoms with van der Waals surface area (Å²) in [5.74, 6) is -0.502. The summed E-state index contributed by atoms with van der Waals surface area (Å²) in [4.78, 5) is 28.7. The molecule has 0 spiro atoms. The number of amides is 2. The van der Waals surface area contributed by atoms with E-state index in [1.807, 2.05) is 65.0 Å². The summed E-state index contributed by atoms with van der Waals surface area (Å²) in [5, 5.41) is 2.91. The Hall–Kier alpha value is -3.65. The lowest BCUT2D eigenvalue weighted by Gasteiger charge is -2.33. The van der Waals surface area contributed by atoms with E-state index in [-0.39, 0.29) is 23.3 Å². The van der Waals surface area contributed by atoms with Gasteiger partial charge in [-0.05, 0) is 74.1 Å². The molecule has 0 aliphatic heterocycles. The Balaban J connectivity index is 2.05. The van der Waals surface area contributed by atoms with E-state index in [0.29, 0.717) is 12.2 Å². The molecule has 3 aromatic carbocycles. The van der Waals surface area contributed by atoms with Crippen molar-refractivity contribution in [2.45, 2.75) is 59.0 Å². The van der Waals surface area contributed by atoms with Crippen molar-refractivity contribution in [2.75, 3.05) is 17.4 Å². The zero-order chi connectivity index (χ0) is 28.7. The van der Waals surface area contributed by atoms with Crippen LogP contribution in [-0.2, 0) is 26.2 Å². The maximum absolute atomic E-state index is 14.0. The van der Waals surface area contributed by atoms with E-state index in [2.05, 4.69) is 5.32 Å². The summed E-state index contributed by atoms with van der Waals surface area (Å²) in [7, 11) is -4.09. The largest absolute Gasteiger partial charge is 0.354 e. The summed E-state index contributed by atoms with van der Waals surface area (Å²) in [5.41, 5.74) is 3.97. The first kappa shape index (κ1) is 29.9. The highest BCUT2D eigenvalue weighted by atomic mass is 32.2. The van der Waals surface area contributed by atoms with Gasteiger partial charge in [0.05, 0.1) is 10.6 Å². The molecule has 0 aromatic heterocycles. The number of hydrogen-bond acceptors (Lipinski definition) is 4. The average molecular weight is 550 g/mol. The molecule has 0 aliphatic rings. The normalized spacial score (nSPS) is 12.2. The fourth-order valence-corrected chi connectivity index (χ4v) is 5.74. The van der Waals surface area contributed by atoms with E-state index in [1.54, 1.807) is 37.3 Å². The summed E-state index contributed by atoms with van der Waals surface area (Å²) in [6.45, 7) is 11.6. The quantitative estimate of drug-likeness (QED) is 0.365. The molecule has 3 aromatic rings. The molecule has 3 rings (SSSR count). The molecule has 1 N–H and O–H groups in total.